The summed E-state index contributed by atoms with van der Waals surface area (Å²) < 4.78 is 26.0. The van der Waals surface area contributed by atoms with E-state index in [4.69, 9.17) is 9.47 Å². The zero-order chi connectivity index (χ0) is 21.2. The fourth-order valence-corrected chi connectivity index (χ4v) is 3.17. The van der Waals surface area contributed by atoms with Crippen LogP contribution in [0.25, 0.3) is 0 Å². The Morgan fingerprint density at radius 1 is 1.03 bits per heavy atom. The molecule has 30 heavy (non-hydrogen) atoms. The van der Waals surface area contributed by atoms with Crippen LogP contribution in [-0.2, 0) is 22.6 Å². The Morgan fingerprint density at radius 3 is 2.53 bits per heavy atom. The molecule has 6 heteroatoms. The zero-order valence-corrected chi connectivity index (χ0v) is 17.2. The van der Waals surface area contributed by atoms with Gasteiger partial charge in [-0.05, 0) is 48.4 Å². The van der Waals surface area contributed by atoms with Gasteiger partial charge in [0.2, 0.25) is 0 Å². The van der Waals surface area contributed by atoms with Gasteiger partial charge in [0.25, 0.3) is 5.91 Å². The summed E-state index contributed by atoms with van der Waals surface area (Å²) in [5, 5.41) is 0. The number of hydrogen-bond acceptors (Lipinski definition) is 3. The molecule has 158 valence electrons. The maximum absolute atomic E-state index is 13.2. The molecule has 3 rings (SSSR count). The topological polar surface area (TPSA) is 43.7 Å². The fourth-order valence-electron chi connectivity index (χ4n) is 3.17. The molecule has 0 spiro atoms. The molecule has 5 nitrogen and oxygen atoms in total. The fraction of sp³-hybridized carbons (Fsp3) is 0.292. The zero-order valence-electron chi connectivity index (χ0n) is 17.2. The quantitative estimate of drug-likeness (QED) is 0.447. The summed E-state index contributed by atoms with van der Waals surface area (Å²) in [5.74, 6) is 0.340. The molecule has 0 aliphatic rings. The Hall–Kier alpha value is -3.12. The van der Waals surface area contributed by atoms with Gasteiger partial charge in [0.05, 0.1) is 6.54 Å². The standard InChI is InChI=1S/C24H27FN2O3/c1-29-16-6-15-27(24(28)19-30-23-8-3-2-4-9-23)18-22-7-5-14-26(22)17-20-10-12-21(25)13-11-20/h2-5,7-14H,6,15-19H2,1H3. The number of methoxy groups -OCH3 is 1. The number of amides is 1. The summed E-state index contributed by atoms with van der Waals surface area (Å²) in [6.07, 6.45) is 2.71. The molecule has 2 aromatic carbocycles. The molecule has 1 amide bonds. The van der Waals surface area contributed by atoms with Crippen LogP contribution in [0.5, 0.6) is 5.75 Å². The van der Waals surface area contributed by atoms with Crippen LogP contribution in [0.1, 0.15) is 17.7 Å². The van der Waals surface area contributed by atoms with Crippen LogP contribution in [0.2, 0.25) is 0 Å². The highest BCUT2D eigenvalue weighted by molar-refractivity contribution is 5.77. The smallest absolute Gasteiger partial charge is 0.260 e. The van der Waals surface area contributed by atoms with E-state index in [0.717, 1.165) is 17.7 Å². The molecule has 0 fully saturated rings. The van der Waals surface area contributed by atoms with Crippen molar-refractivity contribution >= 4 is 5.91 Å². The molecule has 0 saturated heterocycles. The summed E-state index contributed by atoms with van der Waals surface area (Å²) in [7, 11) is 1.65. The Balaban J connectivity index is 1.66. The number of benzene rings is 2. The van der Waals surface area contributed by atoms with Crippen LogP contribution < -0.4 is 4.74 Å². The van der Waals surface area contributed by atoms with Crippen LogP contribution in [0.15, 0.2) is 72.9 Å². The first-order chi connectivity index (χ1) is 14.7. The van der Waals surface area contributed by atoms with Gasteiger partial charge in [-0.1, -0.05) is 30.3 Å². The van der Waals surface area contributed by atoms with E-state index < -0.39 is 0 Å². The van der Waals surface area contributed by atoms with Gasteiger partial charge in [-0.15, -0.1) is 0 Å². The Kier molecular flexibility index (Phi) is 8.03. The Labute approximate surface area is 176 Å². The summed E-state index contributed by atoms with van der Waals surface area (Å²) in [6.45, 7) is 2.22. The lowest BCUT2D eigenvalue weighted by Crippen LogP contribution is -2.36. The number of halogens is 1. The number of carbonyl (C=O) groups is 1. The van der Waals surface area contributed by atoms with Gasteiger partial charge in [0.1, 0.15) is 11.6 Å². The van der Waals surface area contributed by atoms with Crippen molar-refractivity contribution in [1.82, 2.24) is 9.47 Å². The van der Waals surface area contributed by atoms with E-state index in [9.17, 15) is 9.18 Å². The first kappa shape index (κ1) is 21.6. The van der Waals surface area contributed by atoms with Crippen molar-refractivity contribution in [3.8, 4) is 5.75 Å². The van der Waals surface area contributed by atoms with Crippen molar-refractivity contribution in [2.75, 3.05) is 26.9 Å². The third-order valence-electron chi connectivity index (χ3n) is 4.78. The second kappa shape index (κ2) is 11.2. The maximum Gasteiger partial charge on any atom is 0.260 e. The minimum Gasteiger partial charge on any atom is -0.484 e. The van der Waals surface area contributed by atoms with Crippen LogP contribution in [-0.4, -0.2) is 42.2 Å². The van der Waals surface area contributed by atoms with Gasteiger partial charge in [-0.25, -0.2) is 4.39 Å². The second-order valence-electron chi connectivity index (χ2n) is 7.02. The van der Waals surface area contributed by atoms with E-state index in [1.54, 1.807) is 24.1 Å². The number of nitrogens with zero attached hydrogens (tertiary/aromatic N) is 2. The van der Waals surface area contributed by atoms with E-state index >= 15 is 0 Å². The van der Waals surface area contributed by atoms with Crippen LogP contribution in [0.3, 0.4) is 0 Å². The highest BCUT2D eigenvalue weighted by Gasteiger charge is 2.16. The van der Waals surface area contributed by atoms with Crippen molar-refractivity contribution in [2.45, 2.75) is 19.5 Å². The van der Waals surface area contributed by atoms with Crippen molar-refractivity contribution < 1.29 is 18.7 Å². The molecular formula is C24H27FN2O3. The first-order valence-electron chi connectivity index (χ1n) is 9.98. The second-order valence-corrected chi connectivity index (χ2v) is 7.02. The van der Waals surface area contributed by atoms with E-state index in [1.165, 1.54) is 12.1 Å². The average molecular weight is 410 g/mol. The average Bonchev–Trinajstić information content (AvgIpc) is 3.20. The predicted molar refractivity (Wildman–Crippen MR) is 114 cm³/mol. The van der Waals surface area contributed by atoms with Crippen molar-refractivity contribution in [2.24, 2.45) is 0 Å². The van der Waals surface area contributed by atoms with Gasteiger partial charge in [-0.3, -0.25) is 4.79 Å². The van der Waals surface area contributed by atoms with Crippen LogP contribution in [0, 0.1) is 5.82 Å². The summed E-state index contributed by atoms with van der Waals surface area (Å²) in [6, 6.07) is 19.7. The summed E-state index contributed by atoms with van der Waals surface area (Å²) in [5.41, 5.74) is 2.00. The minimum absolute atomic E-state index is 0.0182. The molecule has 0 bridgehead atoms. The molecule has 0 unspecified atom stereocenters. The molecular weight excluding hydrogens is 383 g/mol. The molecule has 0 saturated carbocycles. The molecule has 1 aromatic heterocycles. The monoisotopic (exact) mass is 410 g/mol. The van der Waals surface area contributed by atoms with Gasteiger partial charge in [-0.2, -0.15) is 0 Å². The highest BCUT2D eigenvalue weighted by atomic mass is 19.1. The van der Waals surface area contributed by atoms with Crippen molar-refractivity contribution in [1.29, 1.82) is 0 Å². The lowest BCUT2D eigenvalue weighted by Gasteiger charge is -2.24. The predicted octanol–water partition coefficient (Wildman–Crippen LogP) is 4.12. The molecule has 0 N–H and O–H groups in total. The molecule has 0 atom stereocenters. The van der Waals surface area contributed by atoms with E-state index in [-0.39, 0.29) is 18.3 Å². The minimum atomic E-state index is -0.250. The molecule has 0 aliphatic carbocycles. The van der Waals surface area contributed by atoms with Crippen molar-refractivity contribution in [3.63, 3.8) is 0 Å². The number of aromatic nitrogens is 1. The summed E-state index contributed by atoms with van der Waals surface area (Å²) >= 11 is 0. The van der Waals surface area contributed by atoms with Crippen LogP contribution in [0.4, 0.5) is 4.39 Å². The van der Waals surface area contributed by atoms with Crippen molar-refractivity contribution in [3.05, 3.63) is 90.0 Å². The number of para-hydroxylation sites is 1. The maximum atomic E-state index is 13.2. The lowest BCUT2D eigenvalue weighted by molar-refractivity contribution is -0.134. The van der Waals surface area contributed by atoms with E-state index in [1.807, 2.05) is 48.7 Å². The van der Waals surface area contributed by atoms with Gasteiger partial charge < -0.3 is 18.9 Å². The van der Waals surface area contributed by atoms with E-state index in [2.05, 4.69) is 4.57 Å². The molecule has 1 heterocycles. The molecule has 0 aliphatic heterocycles. The number of carbonyl (C=O) groups excluding carboxylic acids is 1. The SMILES string of the molecule is COCCCN(Cc1cccn1Cc1ccc(F)cc1)C(=O)COc1ccccc1. The van der Waals surface area contributed by atoms with Crippen LogP contribution >= 0.6 is 0 Å². The van der Waals surface area contributed by atoms with Gasteiger partial charge >= 0.3 is 0 Å². The third-order valence-corrected chi connectivity index (χ3v) is 4.78. The number of ether oxygens (including phenoxy) is 2. The Bertz CT molecular complexity index is 910. The first-order valence-corrected chi connectivity index (χ1v) is 9.98. The Morgan fingerprint density at radius 2 is 1.80 bits per heavy atom. The van der Waals surface area contributed by atoms with Gasteiger partial charge in [0, 0.05) is 38.7 Å². The third kappa shape index (κ3) is 6.46. The lowest BCUT2D eigenvalue weighted by atomic mass is 10.2. The number of hydrogen-bond donors (Lipinski definition) is 0. The highest BCUT2D eigenvalue weighted by Crippen LogP contribution is 2.13. The molecule has 0 radical (unpaired) electrons. The summed E-state index contributed by atoms with van der Waals surface area (Å²) in [4.78, 5) is 14.6. The van der Waals surface area contributed by atoms with E-state index in [0.29, 0.717) is 32.0 Å². The molecule has 3 aromatic rings. The largest absolute Gasteiger partial charge is 0.484 e. The number of rotatable bonds is 11. The van der Waals surface area contributed by atoms with Gasteiger partial charge in [0.15, 0.2) is 6.61 Å². The normalized spacial score (nSPS) is 10.7.